The molecule has 2 unspecified atom stereocenters. The molecule has 5 nitrogen and oxygen atoms in total. The molecule has 5 heterocycles. The number of epoxide rings is 1. The van der Waals surface area contributed by atoms with Crippen LogP contribution in [0.3, 0.4) is 0 Å². The van der Waals surface area contributed by atoms with Crippen LogP contribution < -0.4 is 0 Å². The van der Waals surface area contributed by atoms with E-state index in [-0.39, 0.29) is 29.0 Å². The molecule has 5 heteroatoms. The third-order valence-electron chi connectivity index (χ3n) is 12.3. The van der Waals surface area contributed by atoms with Crippen molar-refractivity contribution in [1.29, 1.82) is 0 Å². The zero-order chi connectivity index (χ0) is 23.4. The summed E-state index contributed by atoms with van der Waals surface area (Å²) < 4.78 is 12.3. The maximum Gasteiger partial charge on any atom is 0.310 e. The third kappa shape index (κ3) is 3.32. The number of carbonyl (C=O) groups excluding carboxylic acids is 1. The van der Waals surface area contributed by atoms with Gasteiger partial charge in [0.15, 0.2) is 0 Å². The number of ether oxygens (including phenoxy) is 2. The van der Waals surface area contributed by atoms with Crippen LogP contribution in [0.5, 0.6) is 0 Å². The Hall–Kier alpha value is -0.910. The molecule has 0 radical (unpaired) electrons. The second-order valence-corrected chi connectivity index (χ2v) is 14.1. The van der Waals surface area contributed by atoms with E-state index in [9.17, 15) is 4.79 Å². The molecule has 0 aromatic carbocycles. The molecule has 2 saturated carbocycles. The van der Waals surface area contributed by atoms with Crippen molar-refractivity contribution in [3.63, 3.8) is 0 Å². The maximum absolute atomic E-state index is 13.4. The Kier molecular flexibility index (Phi) is 4.93. The highest BCUT2D eigenvalue weighted by Crippen LogP contribution is 2.63. The van der Waals surface area contributed by atoms with Gasteiger partial charge >= 0.3 is 5.97 Å². The van der Waals surface area contributed by atoms with Crippen LogP contribution in [0.4, 0.5) is 0 Å². The fourth-order valence-electron chi connectivity index (χ4n) is 10.7. The van der Waals surface area contributed by atoms with Crippen LogP contribution in [0.15, 0.2) is 11.6 Å². The van der Waals surface area contributed by atoms with E-state index in [0.29, 0.717) is 17.9 Å². The van der Waals surface area contributed by atoms with Crippen LogP contribution in [0.1, 0.15) is 77.6 Å². The van der Waals surface area contributed by atoms with E-state index in [0.717, 1.165) is 50.4 Å². The molecule has 8 rings (SSSR count). The lowest BCUT2D eigenvalue weighted by molar-refractivity contribution is -0.147. The summed E-state index contributed by atoms with van der Waals surface area (Å²) >= 11 is 0. The van der Waals surface area contributed by atoms with Crippen molar-refractivity contribution in [3.05, 3.63) is 11.6 Å². The second kappa shape index (κ2) is 7.80. The summed E-state index contributed by atoms with van der Waals surface area (Å²) in [6.45, 7) is 8.07. The van der Waals surface area contributed by atoms with E-state index >= 15 is 0 Å². The minimum absolute atomic E-state index is 0.0608. The van der Waals surface area contributed by atoms with Gasteiger partial charge in [-0.3, -0.25) is 14.6 Å². The molecule has 35 heavy (non-hydrogen) atoms. The minimum Gasteiger partial charge on any atom is -0.462 e. The number of carbonyl (C=O) groups is 1. The average Bonchev–Trinajstić information content (AvgIpc) is 3.55. The summed E-state index contributed by atoms with van der Waals surface area (Å²) in [7, 11) is 0. The van der Waals surface area contributed by atoms with Crippen LogP contribution in [0.2, 0.25) is 0 Å². The van der Waals surface area contributed by atoms with Gasteiger partial charge in [-0.25, -0.2) is 0 Å². The standard InChI is InChI=1S/C30H44N2O3/c1-29-8-5-9-30(18-34-30)26(29)14-22-23(28(33)35-25(22)15-29)17-32-11-4-6-19-12-20-13-21(27(19)32)16-31-10-3-2-7-24(20)31/h12,20-27H,2-11,13-18H2,1H3/t20-,21+,22-,23?,24-,25-,26-,27-,29-,30?/m1/s1. The SMILES string of the molecule is C[C@]12CCCC3(CO3)[C@@H]1C[C@@H]1C(CN3CCCC4=C[C@@H]5C[C@@H](CN6CCCC[C@H]56)[C@@H]43)C(=O)O[C@@H]1C2. The molecule has 0 amide bonds. The Balaban J connectivity index is 1.04. The predicted molar refractivity (Wildman–Crippen MR) is 134 cm³/mol. The molecule has 0 aromatic heterocycles. The smallest absolute Gasteiger partial charge is 0.310 e. The van der Waals surface area contributed by atoms with Crippen molar-refractivity contribution in [1.82, 2.24) is 9.80 Å². The number of fused-ring (bicyclic) bond motifs is 9. The lowest BCUT2D eigenvalue weighted by atomic mass is 9.53. The maximum atomic E-state index is 13.4. The Morgan fingerprint density at radius 3 is 2.91 bits per heavy atom. The molecule has 5 saturated heterocycles. The van der Waals surface area contributed by atoms with Crippen molar-refractivity contribution in [2.45, 2.75) is 101 Å². The number of likely N-dealkylation sites (tertiary alicyclic amines) is 1. The van der Waals surface area contributed by atoms with Gasteiger partial charge in [0.05, 0.1) is 18.1 Å². The average molecular weight is 481 g/mol. The number of piperidine rings is 3. The topological polar surface area (TPSA) is 45.3 Å². The van der Waals surface area contributed by atoms with E-state index < -0.39 is 0 Å². The normalized spacial score (nSPS) is 53.2. The molecule has 5 aliphatic heterocycles. The highest BCUT2D eigenvalue weighted by atomic mass is 16.6. The molecular weight excluding hydrogens is 436 g/mol. The Labute approximate surface area is 210 Å². The first-order chi connectivity index (χ1) is 17.0. The summed E-state index contributed by atoms with van der Waals surface area (Å²) in [6.07, 6.45) is 16.9. The van der Waals surface area contributed by atoms with E-state index in [1.807, 2.05) is 0 Å². The van der Waals surface area contributed by atoms with Crippen LogP contribution in [0.25, 0.3) is 0 Å². The van der Waals surface area contributed by atoms with Gasteiger partial charge < -0.3 is 9.47 Å². The minimum atomic E-state index is 0.0608. The van der Waals surface area contributed by atoms with Gasteiger partial charge in [-0.05, 0) is 100 Å². The molecule has 7 fully saturated rings. The zero-order valence-electron chi connectivity index (χ0n) is 21.6. The van der Waals surface area contributed by atoms with Gasteiger partial charge in [-0.15, -0.1) is 0 Å². The Bertz CT molecular complexity index is 929. The molecule has 0 N–H and O–H groups in total. The van der Waals surface area contributed by atoms with E-state index in [1.54, 1.807) is 5.57 Å². The summed E-state index contributed by atoms with van der Waals surface area (Å²) in [4.78, 5) is 19.0. The fraction of sp³-hybridized carbons (Fsp3) is 0.900. The molecular formula is C30H44N2O3. The van der Waals surface area contributed by atoms with Crippen LogP contribution >= 0.6 is 0 Å². The number of esters is 1. The van der Waals surface area contributed by atoms with Gasteiger partial charge in [-0.2, -0.15) is 0 Å². The van der Waals surface area contributed by atoms with Crippen molar-refractivity contribution in [2.75, 3.05) is 32.8 Å². The zero-order valence-corrected chi connectivity index (χ0v) is 21.6. The first-order valence-corrected chi connectivity index (χ1v) is 15.1. The lowest BCUT2D eigenvalue weighted by Crippen LogP contribution is -2.60. The van der Waals surface area contributed by atoms with Gasteiger partial charge in [0.25, 0.3) is 0 Å². The monoisotopic (exact) mass is 480 g/mol. The van der Waals surface area contributed by atoms with E-state index in [4.69, 9.17) is 9.47 Å². The number of hydrogen-bond donors (Lipinski definition) is 0. The highest BCUT2D eigenvalue weighted by molar-refractivity contribution is 5.75. The fourth-order valence-corrected chi connectivity index (χ4v) is 10.7. The molecule has 0 aromatic rings. The highest BCUT2D eigenvalue weighted by Gasteiger charge is 2.65. The quantitative estimate of drug-likeness (QED) is 0.333. The second-order valence-electron chi connectivity index (χ2n) is 14.1. The van der Waals surface area contributed by atoms with Gasteiger partial charge in [0.2, 0.25) is 0 Å². The van der Waals surface area contributed by atoms with Crippen molar-refractivity contribution in [3.8, 4) is 0 Å². The first-order valence-electron chi connectivity index (χ1n) is 15.1. The van der Waals surface area contributed by atoms with Gasteiger partial charge in [-0.1, -0.05) is 25.0 Å². The molecule has 2 bridgehead atoms. The van der Waals surface area contributed by atoms with E-state index in [2.05, 4.69) is 22.8 Å². The largest absolute Gasteiger partial charge is 0.462 e. The predicted octanol–water partition coefficient (Wildman–Crippen LogP) is 4.41. The Morgan fingerprint density at radius 1 is 1.11 bits per heavy atom. The van der Waals surface area contributed by atoms with Crippen LogP contribution in [-0.2, 0) is 14.3 Å². The molecule has 10 atom stereocenters. The number of hydrogen-bond acceptors (Lipinski definition) is 5. The van der Waals surface area contributed by atoms with Gasteiger partial charge in [0, 0.05) is 31.1 Å². The van der Waals surface area contributed by atoms with Gasteiger partial charge in [0.1, 0.15) is 6.10 Å². The Morgan fingerprint density at radius 2 is 2.03 bits per heavy atom. The number of nitrogens with zero attached hydrogens (tertiary/aromatic N) is 2. The lowest BCUT2D eigenvalue weighted by Gasteiger charge is -2.55. The summed E-state index contributed by atoms with van der Waals surface area (Å²) in [6, 6.07) is 1.37. The summed E-state index contributed by atoms with van der Waals surface area (Å²) in [5.74, 6) is 2.70. The summed E-state index contributed by atoms with van der Waals surface area (Å²) in [5, 5.41) is 0. The molecule has 8 aliphatic rings. The van der Waals surface area contributed by atoms with Crippen LogP contribution in [-0.4, -0.2) is 72.3 Å². The van der Waals surface area contributed by atoms with Crippen molar-refractivity contribution < 1.29 is 14.3 Å². The van der Waals surface area contributed by atoms with Crippen molar-refractivity contribution in [2.24, 2.45) is 35.0 Å². The number of rotatable bonds is 2. The molecule has 192 valence electrons. The summed E-state index contributed by atoms with van der Waals surface area (Å²) in [5.41, 5.74) is 2.15. The van der Waals surface area contributed by atoms with E-state index in [1.165, 1.54) is 70.9 Å². The van der Waals surface area contributed by atoms with Crippen LogP contribution in [0, 0.1) is 35.0 Å². The first kappa shape index (κ1) is 22.1. The molecule has 3 aliphatic carbocycles. The third-order valence-corrected chi connectivity index (χ3v) is 12.3. The molecule has 1 spiro atoms. The van der Waals surface area contributed by atoms with Crippen molar-refractivity contribution >= 4 is 5.97 Å².